The Bertz CT molecular complexity index is 659. The first-order valence-electron chi connectivity index (χ1n) is 7.93. The number of amides is 1. The third-order valence-electron chi connectivity index (χ3n) is 4.19. The minimum Gasteiger partial charge on any atom is -0.335 e. The maximum absolute atomic E-state index is 12.9. The quantitative estimate of drug-likeness (QED) is 0.661. The van der Waals surface area contributed by atoms with Gasteiger partial charge in [-0.05, 0) is 49.6 Å². The summed E-state index contributed by atoms with van der Waals surface area (Å²) < 4.78 is 1.07. The monoisotopic (exact) mass is 389 g/mol. The molecule has 2 aromatic carbocycles. The van der Waals surface area contributed by atoms with E-state index >= 15 is 0 Å². The van der Waals surface area contributed by atoms with Crippen LogP contribution in [0.15, 0.2) is 64.0 Å². The Morgan fingerprint density at radius 3 is 2.57 bits per heavy atom. The molecule has 0 aliphatic carbocycles. The Hall–Kier alpha value is -1.26. The number of likely N-dealkylation sites (tertiary alicyclic amines) is 1. The number of benzene rings is 2. The molecule has 0 spiro atoms. The Kier molecular flexibility index (Phi) is 5.44. The van der Waals surface area contributed by atoms with Crippen LogP contribution >= 0.6 is 27.7 Å². The van der Waals surface area contributed by atoms with Crippen molar-refractivity contribution in [3.8, 4) is 0 Å². The van der Waals surface area contributed by atoms with Gasteiger partial charge in [-0.15, -0.1) is 11.8 Å². The molecule has 1 amide bonds. The van der Waals surface area contributed by atoms with E-state index in [9.17, 15) is 4.79 Å². The normalized spacial score (nSPS) is 18.9. The third-order valence-corrected chi connectivity index (χ3v) is 5.82. The van der Waals surface area contributed by atoms with Gasteiger partial charge in [-0.3, -0.25) is 4.79 Å². The SMILES string of the molecule is CC(Sc1ccccc1)C(=O)N1CCCC1c1ccc(Br)cc1. The summed E-state index contributed by atoms with van der Waals surface area (Å²) in [6.07, 6.45) is 2.13. The summed E-state index contributed by atoms with van der Waals surface area (Å²) in [5.41, 5.74) is 1.23. The highest BCUT2D eigenvalue weighted by atomic mass is 79.9. The van der Waals surface area contributed by atoms with Crippen molar-refractivity contribution in [3.05, 3.63) is 64.6 Å². The van der Waals surface area contributed by atoms with Crippen LogP contribution in [0, 0.1) is 0 Å². The van der Waals surface area contributed by atoms with Crippen molar-refractivity contribution in [1.29, 1.82) is 0 Å². The van der Waals surface area contributed by atoms with Gasteiger partial charge in [-0.2, -0.15) is 0 Å². The summed E-state index contributed by atoms with van der Waals surface area (Å²) in [5.74, 6) is 0.240. The van der Waals surface area contributed by atoms with Gasteiger partial charge in [0.05, 0.1) is 11.3 Å². The molecule has 2 unspecified atom stereocenters. The highest BCUT2D eigenvalue weighted by Crippen LogP contribution is 2.35. The van der Waals surface area contributed by atoms with E-state index in [0.29, 0.717) is 0 Å². The molecule has 1 fully saturated rings. The largest absolute Gasteiger partial charge is 0.335 e. The highest BCUT2D eigenvalue weighted by Gasteiger charge is 2.32. The van der Waals surface area contributed by atoms with Gasteiger partial charge < -0.3 is 4.90 Å². The molecule has 1 aliphatic heterocycles. The topological polar surface area (TPSA) is 20.3 Å². The Morgan fingerprint density at radius 1 is 1.17 bits per heavy atom. The lowest BCUT2D eigenvalue weighted by atomic mass is 10.0. The minimum atomic E-state index is -0.0616. The molecule has 1 saturated heterocycles. The second kappa shape index (κ2) is 7.54. The molecule has 0 radical (unpaired) electrons. The van der Waals surface area contributed by atoms with Crippen molar-refractivity contribution < 1.29 is 4.79 Å². The van der Waals surface area contributed by atoms with E-state index in [4.69, 9.17) is 0 Å². The fraction of sp³-hybridized carbons (Fsp3) is 0.316. The number of hydrogen-bond donors (Lipinski definition) is 0. The lowest BCUT2D eigenvalue weighted by molar-refractivity contribution is -0.131. The van der Waals surface area contributed by atoms with Crippen molar-refractivity contribution in [3.63, 3.8) is 0 Å². The van der Waals surface area contributed by atoms with Crippen LogP contribution in [0.3, 0.4) is 0 Å². The summed E-state index contributed by atoms with van der Waals surface area (Å²) in [7, 11) is 0. The van der Waals surface area contributed by atoms with Crippen LogP contribution in [-0.4, -0.2) is 22.6 Å². The average molecular weight is 390 g/mol. The molecule has 0 saturated carbocycles. The predicted molar refractivity (Wildman–Crippen MR) is 99.6 cm³/mol. The van der Waals surface area contributed by atoms with Crippen molar-refractivity contribution in [2.24, 2.45) is 0 Å². The standard InChI is InChI=1S/C19H20BrNOS/c1-14(23-17-6-3-2-4-7-17)19(22)21-13-5-8-18(21)15-9-11-16(20)12-10-15/h2-4,6-7,9-12,14,18H,5,8,13H2,1H3. The van der Waals surface area contributed by atoms with Gasteiger partial charge >= 0.3 is 0 Å². The van der Waals surface area contributed by atoms with Crippen LogP contribution < -0.4 is 0 Å². The van der Waals surface area contributed by atoms with Gasteiger partial charge in [0.25, 0.3) is 0 Å². The fourth-order valence-electron chi connectivity index (χ4n) is 3.05. The first kappa shape index (κ1) is 16.6. The highest BCUT2D eigenvalue weighted by molar-refractivity contribution is 9.10. The number of halogens is 1. The Labute approximate surface area is 150 Å². The van der Waals surface area contributed by atoms with Crippen LogP contribution in [0.25, 0.3) is 0 Å². The zero-order chi connectivity index (χ0) is 16.2. The third kappa shape index (κ3) is 3.99. The van der Waals surface area contributed by atoms with E-state index in [1.54, 1.807) is 11.8 Å². The molecule has 2 aromatic rings. The van der Waals surface area contributed by atoms with Gasteiger partial charge in [-0.1, -0.05) is 46.3 Å². The first-order valence-corrected chi connectivity index (χ1v) is 9.60. The Morgan fingerprint density at radius 2 is 1.87 bits per heavy atom. The fourth-order valence-corrected chi connectivity index (χ4v) is 4.27. The van der Waals surface area contributed by atoms with Gasteiger partial charge in [0.1, 0.15) is 0 Å². The van der Waals surface area contributed by atoms with E-state index in [1.807, 2.05) is 25.1 Å². The zero-order valence-corrected chi connectivity index (χ0v) is 15.5. The minimum absolute atomic E-state index is 0.0616. The Balaban J connectivity index is 1.71. The molecular formula is C19H20BrNOS. The maximum atomic E-state index is 12.9. The van der Waals surface area contributed by atoms with E-state index < -0.39 is 0 Å². The van der Waals surface area contributed by atoms with Crippen molar-refractivity contribution in [1.82, 2.24) is 4.90 Å². The van der Waals surface area contributed by atoms with Crippen molar-refractivity contribution >= 4 is 33.6 Å². The first-order chi connectivity index (χ1) is 11.1. The number of carbonyl (C=O) groups is 1. The van der Waals surface area contributed by atoms with E-state index in [0.717, 1.165) is 28.8 Å². The van der Waals surface area contributed by atoms with E-state index in [-0.39, 0.29) is 17.2 Å². The number of thioether (sulfide) groups is 1. The predicted octanol–water partition coefficient (Wildman–Crippen LogP) is 5.29. The molecule has 0 N–H and O–H groups in total. The van der Waals surface area contributed by atoms with Crippen LogP contribution in [0.4, 0.5) is 0 Å². The molecule has 23 heavy (non-hydrogen) atoms. The second-order valence-corrected chi connectivity index (χ2v) is 8.14. The summed E-state index contributed by atoms with van der Waals surface area (Å²) in [4.78, 5) is 16.1. The smallest absolute Gasteiger partial charge is 0.236 e. The number of carbonyl (C=O) groups excluding carboxylic acids is 1. The van der Waals surface area contributed by atoms with Crippen LogP contribution in [0.1, 0.15) is 31.4 Å². The van der Waals surface area contributed by atoms with Crippen LogP contribution in [0.5, 0.6) is 0 Å². The molecule has 120 valence electrons. The number of nitrogens with zero attached hydrogens (tertiary/aromatic N) is 1. The molecule has 2 nitrogen and oxygen atoms in total. The molecule has 2 atom stereocenters. The van der Waals surface area contributed by atoms with E-state index in [1.165, 1.54) is 5.56 Å². The maximum Gasteiger partial charge on any atom is 0.236 e. The van der Waals surface area contributed by atoms with Crippen LogP contribution in [-0.2, 0) is 4.79 Å². The number of hydrogen-bond acceptors (Lipinski definition) is 2. The van der Waals surface area contributed by atoms with Crippen molar-refractivity contribution in [2.75, 3.05) is 6.54 Å². The van der Waals surface area contributed by atoms with Crippen molar-refractivity contribution in [2.45, 2.75) is 36.0 Å². The molecule has 0 aromatic heterocycles. The van der Waals surface area contributed by atoms with Gasteiger partial charge in [-0.25, -0.2) is 0 Å². The average Bonchev–Trinajstić information content (AvgIpc) is 3.05. The number of rotatable bonds is 4. The summed E-state index contributed by atoms with van der Waals surface area (Å²) in [5, 5.41) is -0.0616. The zero-order valence-electron chi connectivity index (χ0n) is 13.1. The summed E-state index contributed by atoms with van der Waals surface area (Å²) in [6.45, 7) is 2.87. The lowest BCUT2D eigenvalue weighted by Gasteiger charge is -2.27. The molecule has 1 heterocycles. The molecular weight excluding hydrogens is 370 g/mol. The summed E-state index contributed by atoms with van der Waals surface area (Å²) >= 11 is 5.11. The van der Waals surface area contributed by atoms with Gasteiger partial charge in [0.2, 0.25) is 5.91 Å². The molecule has 1 aliphatic rings. The second-order valence-electron chi connectivity index (χ2n) is 5.81. The lowest BCUT2D eigenvalue weighted by Crippen LogP contribution is -2.36. The van der Waals surface area contributed by atoms with Gasteiger partial charge in [0.15, 0.2) is 0 Å². The van der Waals surface area contributed by atoms with E-state index in [2.05, 4.69) is 57.2 Å². The summed E-state index contributed by atoms with van der Waals surface area (Å²) in [6, 6.07) is 18.7. The molecule has 4 heteroatoms. The molecule has 0 bridgehead atoms. The van der Waals surface area contributed by atoms with Gasteiger partial charge in [0, 0.05) is 15.9 Å². The van der Waals surface area contributed by atoms with Crippen LogP contribution in [0.2, 0.25) is 0 Å². The molecule has 3 rings (SSSR count).